The molecule has 1 unspecified atom stereocenters. The lowest BCUT2D eigenvalue weighted by atomic mass is 10.2. The third-order valence-electron chi connectivity index (χ3n) is 5.06. The number of aryl methyl sites for hydroxylation is 1. The molecule has 1 amide bonds. The van der Waals surface area contributed by atoms with Crippen LogP contribution in [-0.4, -0.2) is 25.2 Å². The fourth-order valence-electron chi connectivity index (χ4n) is 3.57. The van der Waals surface area contributed by atoms with Gasteiger partial charge in [-0.05, 0) is 57.2 Å². The van der Waals surface area contributed by atoms with Crippen LogP contribution in [0.15, 0.2) is 59.2 Å². The number of carbonyl (C=O) groups is 1. The molecule has 6 nitrogen and oxygen atoms in total. The van der Waals surface area contributed by atoms with E-state index in [1.54, 1.807) is 10.9 Å². The molecule has 2 aromatic carbocycles. The second-order valence-corrected chi connectivity index (χ2v) is 7.85. The number of benzene rings is 2. The van der Waals surface area contributed by atoms with Crippen LogP contribution in [0.5, 0.6) is 0 Å². The average Bonchev–Trinajstić information content (AvgIpc) is 3.29. The molecule has 0 spiro atoms. The first-order valence-electron chi connectivity index (χ1n) is 9.56. The molecule has 0 bridgehead atoms. The molecular weight excluding hydrogens is 430 g/mol. The molecular formula is C22H22BrN5O. The first-order valence-corrected chi connectivity index (χ1v) is 10.4. The Kier molecular flexibility index (Phi) is 5.24. The van der Waals surface area contributed by atoms with Crippen LogP contribution < -0.4 is 5.32 Å². The number of hydrogen-bond donors (Lipinski definition) is 1. The second kappa shape index (κ2) is 7.83. The summed E-state index contributed by atoms with van der Waals surface area (Å²) >= 11 is 3.44. The van der Waals surface area contributed by atoms with Crippen molar-refractivity contribution >= 4 is 32.9 Å². The van der Waals surface area contributed by atoms with Crippen molar-refractivity contribution in [1.82, 2.24) is 24.6 Å². The van der Waals surface area contributed by atoms with E-state index in [1.807, 2.05) is 56.3 Å². The SMILES string of the molecule is CCn1c(C(C)NC(=O)c2cnn(-c3ccc(Br)cc3)c2C)nc2ccccc21. The van der Waals surface area contributed by atoms with Gasteiger partial charge < -0.3 is 9.88 Å². The van der Waals surface area contributed by atoms with Gasteiger partial charge in [-0.15, -0.1) is 0 Å². The van der Waals surface area contributed by atoms with Crippen LogP contribution in [0, 0.1) is 6.92 Å². The molecule has 7 heteroatoms. The van der Waals surface area contributed by atoms with Gasteiger partial charge in [0.1, 0.15) is 5.82 Å². The van der Waals surface area contributed by atoms with Crippen LogP contribution in [0.4, 0.5) is 0 Å². The van der Waals surface area contributed by atoms with Gasteiger partial charge >= 0.3 is 0 Å². The van der Waals surface area contributed by atoms with Crippen LogP contribution in [-0.2, 0) is 6.54 Å². The zero-order valence-corrected chi connectivity index (χ0v) is 18.1. The lowest BCUT2D eigenvalue weighted by Crippen LogP contribution is -2.29. The van der Waals surface area contributed by atoms with E-state index in [4.69, 9.17) is 4.98 Å². The number of nitrogens with one attached hydrogen (secondary N) is 1. The van der Waals surface area contributed by atoms with Gasteiger partial charge in [0.15, 0.2) is 0 Å². The molecule has 4 rings (SSSR count). The average molecular weight is 452 g/mol. The Morgan fingerprint density at radius 1 is 1.17 bits per heavy atom. The molecule has 0 aliphatic carbocycles. The molecule has 2 aromatic heterocycles. The van der Waals surface area contributed by atoms with Crippen LogP contribution in [0.25, 0.3) is 16.7 Å². The summed E-state index contributed by atoms with van der Waals surface area (Å²) in [6.45, 7) is 6.73. The summed E-state index contributed by atoms with van der Waals surface area (Å²) in [6, 6.07) is 15.6. The maximum absolute atomic E-state index is 13.0. The highest BCUT2D eigenvalue weighted by atomic mass is 79.9. The molecule has 4 aromatic rings. The van der Waals surface area contributed by atoms with E-state index >= 15 is 0 Å². The number of para-hydroxylation sites is 2. The third kappa shape index (κ3) is 3.58. The topological polar surface area (TPSA) is 64.7 Å². The van der Waals surface area contributed by atoms with Crippen molar-refractivity contribution in [2.24, 2.45) is 0 Å². The van der Waals surface area contributed by atoms with Gasteiger partial charge in [-0.2, -0.15) is 5.10 Å². The van der Waals surface area contributed by atoms with Crippen molar-refractivity contribution in [3.63, 3.8) is 0 Å². The zero-order valence-electron chi connectivity index (χ0n) is 16.6. The number of hydrogen-bond acceptors (Lipinski definition) is 3. The Morgan fingerprint density at radius 3 is 2.62 bits per heavy atom. The summed E-state index contributed by atoms with van der Waals surface area (Å²) < 4.78 is 4.91. The Labute approximate surface area is 177 Å². The van der Waals surface area contributed by atoms with E-state index in [0.717, 1.165) is 39.3 Å². The monoisotopic (exact) mass is 451 g/mol. The molecule has 0 fully saturated rings. The Bertz CT molecular complexity index is 1180. The van der Waals surface area contributed by atoms with Gasteiger partial charge in [-0.1, -0.05) is 28.1 Å². The van der Waals surface area contributed by atoms with Gasteiger partial charge in [-0.25, -0.2) is 9.67 Å². The normalized spacial score (nSPS) is 12.3. The highest BCUT2D eigenvalue weighted by Gasteiger charge is 2.21. The fourth-order valence-corrected chi connectivity index (χ4v) is 3.84. The molecule has 0 radical (unpaired) electrons. The highest BCUT2D eigenvalue weighted by Crippen LogP contribution is 2.22. The Morgan fingerprint density at radius 2 is 1.90 bits per heavy atom. The van der Waals surface area contributed by atoms with Gasteiger partial charge in [-0.3, -0.25) is 4.79 Å². The number of aromatic nitrogens is 4. The number of rotatable bonds is 5. The highest BCUT2D eigenvalue weighted by molar-refractivity contribution is 9.10. The summed E-state index contributed by atoms with van der Waals surface area (Å²) in [4.78, 5) is 17.7. The summed E-state index contributed by atoms with van der Waals surface area (Å²) in [6.07, 6.45) is 1.61. The lowest BCUT2D eigenvalue weighted by molar-refractivity contribution is 0.0937. The van der Waals surface area contributed by atoms with E-state index < -0.39 is 0 Å². The minimum Gasteiger partial charge on any atom is -0.342 e. The smallest absolute Gasteiger partial charge is 0.255 e. The quantitative estimate of drug-likeness (QED) is 0.473. The number of carbonyl (C=O) groups excluding carboxylic acids is 1. The standard InChI is InChI=1S/C22H22BrN5O/c1-4-27-20-8-6-5-7-19(20)26-21(27)14(2)25-22(29)18-13-24-28(15(18)3)17-11-9-16(23)10-12-17/h5-14H,4H2,1-3H3,(H,25,29). The van der Waals surface area contributed by atoms with Crippen LogP contribution in [0.2, 0.25) is 0 Å². The minimum atomic E-state index is -0.231. The van der Waals surface area contributed by atoms with Crippen molar-refractivity contribution < 1.29 is 4.79 Å². The molecule has 1 atom stereocenters. The summed E-state index contributed by atoms with van der Waals surface area (Å²) in [5.41, 5.74) is 4.26. The Balaban J connectivity index is 1.59. The molecule has 0 saturated heterocycles. The van der Waals surface area contributed by atoms with E-state index in [0.29, 0.717) is 5.56 Å². The van der Waals surface area contributed by atoms with Crippen molar-refractivity contribution in [2.75, 3.05) is 0 Å². The minimum absolute atomic E-state index is 0.159. The van der Waals surface area contributed by atoms with Gasteiger partial charge in [0.25, 0.3) is 5.91 Å². The third-order valence-corrected chi connectivity index (χ3v) is 5.59. The summed E-state index contributed by atoms with van der Waals surface area (Å²) in [5.74, 6) is 0.688. The van der Waals surface area contributed by atoms with Crippen molar-refractivity contribution in [3.05, 3.63) is 76.3 Å². The van der Waals surface area contributed by atoms with Crippen molar-refractivity contribution in [2.45, 2.75) is 33.4 Å². The largest absolute Gasteiger partial charge is 0.342 e. The first kappa shape index (κ1) is 19.4. The number of halogens is 1. The predicted molar refractivity (Wildman–Crippen MR) is 117 cm³/mol. The maximum Gasteiger partial charge on any atom is 0.255 e. The number of fused-ring (bicyclic) bond motifs is 1. The van der Waals surface area contributed by atoms with Crippen LogP contribution in [0.3, 0.4) is 0 Å². The van der Waals surface area contributed by atoms with Crippen LogP contribution in [0.1, 0.15) is 41.8 Å². The predicted octanol–water partition coefficient (Wildman–Crippen LogP) is 4.80. The molecule has 2 heterocycles. The zero-order chi connectivity index (χ0) is 20.5. The maximum atomic E-state index is 13.0. The van der Waals surface area contributed by atoms with Gasteiger partial charge in [0.05, 0.1) is 40.2 Å². The second-order valence-electron chi connectivity index (χ2n) is 6.93. The van der Waals surface area contributed by atoms with E-state index in [1.165, 1.54) is 0 Å². The van der Waals surface area contributed by atoms with Crippen molar-refractivity contribution in [3.8, 4) is 5.69 Å². The fraction of sp³-hybridized carbons (Fsp3) is 0.227. The van der Waals surface area contributed by atoms with E-state index in [9.17, 15) is 4.79 Å². The summed E-state index contributed by atoms with van der Waals surface area (Å²) in [5, 5.41) is 7.48. The lowest BCUT2D eigenvalue weighted by Gasteiger charge is -2.15. The molecule has 148 valence electrons. The van der Waals surface area contributed by atoms with Gasteiger partial charge in [0.2, 0.25) is 0 Å². The first-order chi connectivity index (χ1) is 14.0. The molecule has 29 heavy (non-hydrogen) atoms. The van der Waals surface area contributed by atoms with E-state index in [-0.39, 0.29) is 11.9 Å². The van der Waals surface area contributed by atoms with Crippen LogP contribution >= 0.6 is 15.9 Å². The molecule has 0 aliphatic heterocycles. The van der Waals surface area contributed by atoms with Crippen molar-refractivity contribution in [1.29, 1.82) is 0 Å². The number of amides is 1. The Hall–Kier alpha value is -2.93. The number of nitrogens with zero attached hydrogens (tertiary/aromatic N) is 4. The van der Waals surface area contributed by atoms with Gasteiger partial charge in [0, 0.05) is 11.0 Å². The molecule has 0 aliphatic rings. The molecule has 1 N–H and O–H groups in total. The molecule has 0 saturated carbocycles. The summed E-state index contributed by atoms with van der Waals surface area (Å²) in [7, 11) is 0. The van der Waals surface area contributed by atoms with E-state index in [2.05, 4.69) is 43.9 Å². The number of imidazole rings is 1.